The number of fused-ring (bicyclic) bond motifs is 1. The second-order valence-corrected chi connectivity index (χ2v) is 7.96. The summed E-state index contributed by atoms with van der Waals surface area (Å²) in [5.74, 6) is 1.24. The summed E-state index contributed by atoms with van der Waals surface area (Å²) >= 11 is 1.85. The largest absolute Gasteiger partial charge is 0.315 e. The van der Waals surface area contributed by atoms with Gasteiger partial charge in [-0.05, 0) is 25.1 Å². The van der Waals surface area contributed by atoms with E-state index in [9.17, 15) is 4.79 Å². The molecule has 1 amide bonds. The van der Waals surface area contributed by atoms with E-state index in [1.54, 1.807) is 0 Å². The quantitative estimate of drug-likeness (QED) is 0.888. The molecule has 0 aliphatic carbocycles. The highest BCUT2D eigenvalue weighted by Gasteiger charge is 2.28. The molecule has 0 spiro atoms. The second kappa shape index (κ2) is 7.44. The predicted molar refractivity (Wildman–Crippen MR) is 98.8 cm³/mol. The molecule has 3 aliphatic rings. The first-order chi connectivity index (χ1) is 11.8. The molecule has 1 aromatic carbocycles. The molecular weight excluding hydrogens is 320 g/mol. The van der Waals surface area contributed by atoms with Crippen LogP contribution in [0, 0.1) is 0 Å². The van der Waals surface area contributed by atoms with E-state index in [4.69, 9.17) is 0 Å². The standard InChI is InChI=1S/C18H26N4OS/c23-18(22-11-12-24-17-4-2-1-3-16(17)22)14-20-7-9-21(10-8-20)15-5-6-19-13-15/h1-4,15,19H,5-14H2. The van der Waals surface area contributed by atoms with Crippen molar-refractivity contribution in [1.82, 2.24) is 15.1 Å². The van der Waals surface area contributed by atoms with E-state index in [-0.39, 0.29) is 5.91 Å². The van der Waals surface area contributed by atoms with Gasteiger partial charge in [-0.15, -0.1) is 11.8 Å². The van der Waals surface area contributed by atoms with Crippen LogP contribution in [-0.2, 0) is 4.79 Å². The molecule has 2 fully saturated rings. The highest BCUT2D eigenvalue weighted by atomic mass is 32.2. The maximum Gasteiger partial charge on any atom is 0.241 e. The van der Waals surface area contributed by atoms with Crippen molar-refractivity contribution in [2.75, 3.05) is 63.0 Å². The van der Waals surface area contributed by atoms with E-state index in [0.29, 0.717) is 12.6 Å². The highest BCUT2D eigenvalue weighted by molar-refractivity contribution is 7.99. The molecule has 1 atom stereocenters. The van der Waals surface area contributed by atoms with Crippen LogP contribution in [0.1, 0.15) is 6.42 Å². The zero-order valence-corrected chi connectivity index (χ0v) is 14.9. The third-order valence-corrected chi connectivity index (χ3v) is 6.39. The summed E-state index contributed by atoms with van der Waals surface area (Å²) in [6.07, 6.45) is 1.27. The minimum Gasteiger partial charge on any atom is -0.315 e. The molecule has 6 heteroatoms. The molecule has 2 saturated heterocycles. The molecular formula is C18H26N4OS. The number of nitrogens with zero attached hydrogens (tertiary/aromatic N) is 3. The lowest BCUT2D eigenvalue weighted by atomic mass is 10.2. The van der Waals surface area contributed by atoms with E-state index < -0.39 is 0 Å². The fraction of sp³-hybridized carbons (Fsp3) is 0.611. The number of nitrogens with one attached hydrogen (secondary N) is 1. The average Bonchev–Trinajstić information content (AvgIpc) is 3.16. The predicted octanol–water partition coefficient (Wildman–Crippen LogP) is 1.10. The fourth-order valence-corrected chi connectivity index (χ4v) is 4.94. The van der Waals surface area contributed by atoms with Crippen molar-refractivity contribution in [2.24, 2.45) is 0 Å². The van der Waals surface area contributed by atoms with E-state index in [1.165, 1.54) is 11.3 Å². The minimum absolute atomic E-state index is 0.249. The number of carbonyl (C=O) groups is 1. The molecule has 1 unspecified atom stereocenters. The fourth-order valence-electron chi connectivity index (χ4n) is 3.94. The maximum absolute atomic E-state index is 12.8. The lowest BCUT2D eigenvalue weighted by Gasteiger charge is -2.38. The molecule has 24 heavy (non-hydrogen) atoms. The van der Waals surface area contributed by atoms with Crippen molar-refractivity contribution in [2.45, 2.75) is 17.4 Å². The Morgan fingerprint density at radius 2 is 2.00 bits per heavy atom. The molecule has 1 N–H and O–H groups in total. The molecule has 130 valence electrons. The van der Waals surface area contributed by atoms with Crippen LogP contribution in [-0.4, -0.2) is 79.9 Å². The number of carbonyl (C=O) groups excluding carboxylic acids is 1. The van der Waals surface area contributed by atoms with Crippen LogP contribution in [0.25, 0.3) is 0 Å². The van der Waals surface area contributed by atoms with Crippen molar-refractivity contribution < 1.29 is 4.79 Å². The van der Waals surface area contributed by atoms with Crippen LogP contribution in [0.3, 0.4) is 0 Å². The van der Waals surface area contributed by atoms with Crippen molar-refractivity contribution in [3.05, 3.63) is 24.3 Å². The number of amides is 1. The molecule has 0 aromatic heterocycles. The summed E-state index contributed by atoms with van der Waals surface area (Å²) in [6.45, 7) is 7.85. The van der Waals surface area contributed by atoms with Crippen LogP contribution < -0.4 is 10.2 Å². The van der Waals surface area contributed by atoms with Crippen LogP contribution in [0.4, 0.5) is 5.69 Å². The van der Waals surface area contributed by atoms with Gasteiger partial charge in [0, 0.05) is 56.0 Å². The molecule has 0 radical (unpaired) electrons. The number of rotatable bonds is 3. The Morgan fingerprint density at radius 3 is 2.79 bits per heavy atom. The maximum atomic E-state index is 12.8. The third-order valence-electron chi connectivity index (χ3n) is 5.35. The summed E-state index contributed by atoms with van der Waals surface area (Å²) < 4.78 is 0. The zero-order valence-electron chi connectivity index (χ0n) is 14.1. The topological polar surface area (TPSA) is 38.8 Å². The van der Waals surface area contributed by atoms with Gasteiger partial charge in [-0.2, -0.15) is 0 Å². The van der Waals surface area contributed by atoms with Crippen molar-refractivity contribution >= 4 is 23.4 Å². The first-order valence-corrected chi connectivity index (χ1v) is 9.99. The van der Waals surface area contributed by atoms with Crippen LogP contribution in [0.5, 0.6) is 0 Å². The Bertz CT molecular complexity index is 582. The normalized spacial score (nSPS) is 25.7. The summed E-state index contributed by atoms with van der Waals surface area (Å²) in [5, 5.41) is 3.45. The summed E-state index contributed by atoms with van der Waals surface area (Å²) in [7, 11) is 0. The van der Waals surface area contributed by atoms with Crippen molar-refractivity contribution in [3.63, 3.8) is 0 Å². The lowest BCUT2D eigenvalue weighted by molar-refractivity contribution is -0.120. The van der Waals surface area contributed by atoms with Gasteiger partial charge in [0.2, 0.25) is 5.91 Å². The lowest BCUT2D eigenvalue weighted by Crippen LogP contribution is -2.53. The smallest absolute Gasteiger partial charge is 0.241 e. The Labute approximate surface area is 148 Å². The minimum atomic E-state index is 0.249. The van der Waals surface area contributed by atoms with Gasteiger partial charge < -0.3 is 10.2 Å². The summed E-state index contributed by atoms with van der Waals surface area (Å²) in [5.41, 5.74) is 1.09. The molecule has 4 rings (SSSR count). The number of para-hydroxylation sites is 1. The Hall–Kier alpha value is -1.08. The molecule has 0 bridgehead atoms. The first-order valence-electron chi connectivity index (χ1n) is 9.00. The zero-order chi connectivity index (χ0) is 16.4. The molecule has 3 aliphatic heterocycles. The summed E-state index contributed by atoms with van der Waals surface area (Å²) in [4.78, 5) is 21.0. The number of benzene rings is 1. The Morgan fingerprint density at radius 1 is 1.17 bits per heavy atom. The van der Waals surface area contributed by atoms with Crippen LogP contribution >= 0.6 is 11.8 Å². The third kappa shape index (κ3) is 3.47. The van der Waals surface area contributed by atoms with E-state index >= 15 is 0 Å². The molecule has 1 aromatic rings. The highest BCUT2D eigenvalue weighted by Crippen LogP contribution is 2.34. The molecule has 0 saturated carbocycles. The number of anilines is 1. The average molecular weight is 346 g/mol. The SMILES string of the molecule is O=C(CN1CCN(C2CCNC2)CC1)N1CCSc2ccccc21. The first kappa shape index (κ1) is 16.4. The Balaban J connectivity index is 1.33. The van der Waals surface area contributed by atoms with Gasteiger partial charge in [-0.25, -0.2) is 0 Å². The van der Waals surface area contributed by atoms with Gasteiger partial charge in [0.25, 0.3) is 0 Å². The van der Waals surface area contributed by atoms with Crippen molar-refractivity contribution in [3.8, 4) is 0 Å². The van der Waals surface area contributed by atoms with Crippen LogP contribution in [0.2, 0.25) is 0 Å². The van der Waals surface area contributed by atoms with Gasteiger partial charge in [0.05, 0.1) is 12.2 Å². The number of piperazine rings is 1. The summed E-state index contributed by atoms with van der Waals surface area (Å²) in [6, 6.07) is 8.98. The molecule has 3 heterocycles. The Kier molecular flexibility index (Phi) is 5.08. The van der Waals surface area contributed by atoms with Gasteiger partial charge in [0.1, 0.15) is 0 Å². The second-order valence-electron chi connectivity index (χ2n) is 6.82. The van der Waals surface area contributed by atoms with Crippen molar-refractivity contribution in [1.29, 1.82) is 0 Å². The van der Waals surface area contributed by atoms with E-state index in [1.807, 2.05) is 22.7 Å². The van der Waals surface area contributed by atoms with Gasteiger partial charge in [0.15, 0.2) is 0 Å². The number of hydrogen-bond donors (Lipinski definition) is 1. The van der Waals surface area contributed by atoms with E-state index in [2.05, 4.69) is 33.3 Å². The molecule has 5 nitrogen and oxygen atoms in total. The monoisotopic (exact) mass is 346 g/mol. The van der Waals surface area contributed by atoms with Gasteiger partial charge in [-0.1, -0.05) is 12.1 Å². The number of thioether (sulfide) groups is 1. The van der Waals surface area contributed by atoms with Crippen LogP contribution in [0.15, 0.2) is 29.2 Å². The van der Waals surface area contributed by atoms with E-state index in [0.717, 1.165) is 57.3 Å². The number of hydrogen-bond acceptors (Lipinski definition) is 5. The van der Waals surface area contributed by atoms with Gasteiger partial charge >= 0.3 is 0 Å². The van der Waals surface area contributed by atoms with Gasteiger partial charge in [-0.3, -0.25) is 14.6 Å².